The number of halogens is 9. The second-order valence-electron chi connectivity index (χ2n) is 5.49. The van der Waals surface area contributed by atoms with E-state index in [-0.39, 0.29) is 0 Å². The first kappa shape index (κ1) is 20.8. The van der Waals surface area contributed by atoms with E-state index in [9.17, 15) is 39.5 Å². The van der Waals surface area contributed by atoms with Crippen LogP contribution in [0.1, 0.15) is 38.5 Å². The summed E-state index contributed by atoms with van der Waals surface area (Å²) in [4.78, 5) is 0. The molecule has 0 aromatic carbocycles. The third-order valence-corrected chi connectivity index (χ3v) is 9.03. The molecule has 0 aromatic heterocycles. The van der Waals surface area contributed by atoms with Gasteiger partial charge in [0.25, 0.3) is 10.0 Å². The molecule has 1 fully saturated rings. The first-order valence-corrected chi connectivity index (χ1v) is 9.33. The fourth-order valence-electron chi connectivity index (χ4n) is 2.39. The summed E-state index contributed by atoms with van der Waals surface area (Å²) in [5.74, 6) is 0. The van der Waals surface area contributed by atoms with Crippen LogP contribution in [0.25, 0.3) is 0 Å². The van der Waals surface area contributed by atoms with E-state index < -0.39 is 81.4 Å². The van der Waals surface area contributed by atoms with E-state index in [0.29, 0.717) is 0 Å². The largest absolute Gasteiger partial charge is 0.422 e. The molecule has 138 valence electrons. The molecule has 0 spiro atoms. The molecule has 0 bridgehead atoms. The minimum Gasteiger partial charge on any atom is -0.422 e. The molecule has 0 N–H and O–H groups in total. The lowest BCUT2D eigenvalue weighted by Gasteiger charge is -2.44. The maximum atomic E-state index is 12.4. The van der Waals surface area contributed by atoms with Gasteiger partial charge in [0.05, 0.1) is 0 Å². The molecule has 0 aromatic rings. The fourth-order valence-corrected chi connectivity index (χ4v) is 7.45. The quantitative estimate of drug-likeness (QED) is 0.480. The number of hydrogen-bond donors (Lipinski definition) is 0. The number of hydrogen-bond acceptors (Lipinski definition) is 2. The Morgan fingerprint density at radius 1 is 0.565 bits per heavy atom. The molecule has 1 aliphatic rings. The molecule has 2 nitrogen and oxygen atoms in total. The summed E-state index contributed by atoms with van der Waals surface area (Å²) in [6.07, 6.45) is -20.9. The van der Waals surface area contributed by atoms with Gasteiger partial charge in [0.1, 0.15) is 0 Å². The number of alkyl halides is 9. The molecule has 1 rings (SSSR count). The molecule has 1 heterocycles. The van der Waals surface area contributed by atoms with Crippen LogP contribution in [0.15, 0.2) is 0 Å². The Labute approximate surface area is 130 Å². The van der Waals surface area contributed by atoms with Gasteiger partial charge < -0.3 is 8.23 Å². The molecule has 0 atom stereocenters. The molecular weight excluding hydrogens is 379 g/mol. The van der Waals surface area contributed by atoms with Crippen LogP contribution in [0.4, 0.5) is 39.5 Å². The normalized spacial score (nSPS) is 21.5. The third kappa shape index (κ3) is 7.89. The molecule has 0 saturated carbocycles. The Morgan fingerprint density at radius 2 is 0.870 bits per heavy atom. The molecule has 1 aliphatic heterocycles. The van der Waals surface area contributed by atoms with Crippen molar-refractivity contribution in [2.45, 2.75) is 62.1 Å². The van der Waals surface area contributed by atoms with Crippen LogP contribution in [0.2, 0.25) is 5.04 Å². The van der Waals surface area contributed by atoms with Gasteiger partial charge in [-0.1, -0.05) is 0 Å². The zero-order valence-corrected chi connectivity index (χ0v) is 14.3. The van der Waals surface area contributed by atoms with Crippen molar-refractivity contribution in [3.8, 4) is 0 Å². The van der Waals surface area contributed by atoms with Crippen LogP contribution in [-0.4, -0.2) is 37.8 Å². The van der Waals surface area contributed by atoms with Crippen molar-refractivity contribution in [2.24, 2.45) is 0 Å². The average Bonchev–Trinajstić information content (AvgIpc) is 2.25. The van der Waals surface area contributed by atoms with Gasteiger partial charge in [-0.3, -0.25) is 0 Å². The van der Waals surface area contributed by atoms with Crippen LogP contribution < -0.4 is 0 Å². The van der Waals surface area contributed by atoms with E-state index in [4.69, 9.17) is 8.23 Å². The molecule has 0 amide bonds. The lowest BCUT2D eigenvalue weighted by molar-refractivity contribution is -0.149. The maximum absolute atomic E-state index is 12.4. The van der Waals surface area contributed by atoms with E-state index in [1.165, 1.54) is 0 Å². The Bertz CT molecular complexity index is 330. The molecule has 0 aliphatic carbocycles. The minimum atomic E-state index is -4.67. The molecule has 13 heteroatoms. The van der Waals surface area contributed by atoms with Gasteiger partial charge in [0, 0.05) is 24.3 Å². The highest BCUT2D eigenvalue weighted by atomic mass is 28.4. The van der Waals surface area contributed by atoms with E-state index in [2.05, 4.69) is 0 Å². The van der Waals surface area contributed by atoms with E-state index >= 15 is 0 Å². The zero-order chi connectivity index (χ0) is 17.9. The van der Waals surface area contributed by atoms with Crippen LogP contribution >= 0.6 is 0 Å². The van der Waals surface area contributed by atoms with E-state index in [1.54, 1.807) is 0 Å². The first-order chi connectivity index (χ1) is 10.2. The maximum Gasteiger partial charge on any atom is 0.389 e. The summed E-state index contributed by atoms with van der Waals surface area (Å²) in [5, 5.41) is -1.81. The molecule has 0 radical (unpaired) electrons. The van der Waals surface area contributed by atoms with Gasteiger partial charge >= 0.3 is 27.8 Å². The summed E-state index contributed by atoms with van der Waals surface area (Å²) < 4.78 is 122. The second-order valence-corrected chi connectivity index (χ2v) is 10.3. The van der Waals surface area contributed by atoms with Crippen LogP contribution in [0, 0.1) is 0 Å². The Morgan fingerprint density at radius 3 is 1.04 bits per heavy atom. The zero-order valence-electron chi connectivity index (χ0n) is 11.7. The molecule has 23 heavy (non-hydrogen) atoms. The topological polar surface area (TPSA) is 18.5 Å². The highest BCUT2D eigenvalue weighted by Gasteiger charge is 2.51. The predicted molar refractivity (Wildman–Crippen MR) is 66.4 cm³/mol. The minimum absolute atomic E-state index is 0.839. The Balaban J connectivity index is 2.90. The van der Waals surface area contributed by atoms with Crippen molar-refractivity contribution in [1.82, 2.24) is 0 Å². The van der Waals surface area contributed by atoms with Crippen molar-refractivity contribution in [2.75, 3.05) is 0 Å². The summed E-state index contributed by atoms with van der Waals surface area (Å²) >= 11 is 0. The van der Waals surface area contributed by atoms with E-state index in [0.717, 1.165) is 0 Å². The Hall–Kier alpha value is -0.276. The van der Waals surface area contributed by atoms with Gasteiger partial charge in [-0.2, -0.15) is 39.5 Å². The summed E-state index contributed by atoms with van der Waals surface area (Å²) in [6, 6.07) is 0. The third-order valence-electron chi connectivity index (χ3n) is 3.66. The highest BCUT2D eigenvalue weighted by molar-refractivity contribution is 6.66. The summed E-state index contributed by atoms with van der Waals surface area (Å²) in [5.41, 5.74) is 0. The van der Waals surface area contributed by atoms with Crippen molar-refractivity contribution in [3.05, 3.63) is 0 Å². The molecular formula is C10H15F9O2Si2. The number of rotatable bonds is 7. The smallest absolute Gasteiger partial charge is 0.389 e. The lowest BCUT2D eigenvalue weighted by Crippen LogP contribution is -2.50. The van der Waals surface area contributed by atoms with Crippen LogP contribution in [-0.2, 0) is 8.23 Å². The van der Waals surface area contributed by atoms with Gasteiger partial charge in [-0.05, 0) is 19.3 Å². The van der Waals surface area contributed by atoms with E-state index in [1.807, 2.05) is 0 Å². The SMILES string of the molecule is FC(F)(F)CCC(CCC(F)(F)F)(CCC(F)(F)F)[SiH]1O[SiH2]O1. The molecule has 1 saturated heterocycles. The van der Waals surface area contributed by atoms with Crippen LogP contribution in [0.5, 0.6) is 0 Å². The lowest BCUT2D eigenvalue weighted by atomic mass is 9.90. The van der Waals surface area contributed by atoms with Crippen molar-refractivity contribution in [3.63, 3.8) is 0 Å². The summed E-state index contributed by atoms with van der Waals surface area (Å²) in [6.45, 7) is 0. The predicted octanol–water partition coefficient (Wildman–Crippen LogP) is 4.02. The van der Waals surface area contributed by atoms with Crippen molar-refractivity contribution < 1.29 is 47.7 Å². The first-order valence-electron chi connectivity index (χ1n) is 6.66. The van der Waals surface area contributed by atoms with Crippen LogP contribution in [0.3, 0.4) is 0 Å². The van der Waals surface area contributed by atoms with Gasteiger partial charge in [0.15, 0.2) is 0 Å². The summed E-state index contributed by atoms with van der Waals surface area (Å²) in [7, 11) is -4.42. The second kappa shape index (κ2) is 7.31. The van der Waals surface area contributed by atoms with Crippen molar-refractivity contribution in [1.29, 1.82) is 0 Å². The average molecular weight is 394 g/mol. The molecule has 0 unspecified atom stereocenters. The monoisotopic (exact) mass is 394 g/mol. The van der Waals surface area contributed by atoms with Gasteiger partial charge in [-0.15, -0.1) is 0 Å². The Kier molecular flexibility index (Phi) is 6.60. The fraction of sp³-hybridized carbons (Fsp3) is 1.00. The van der Waals surface area contributed by atoms with Gasteiger partial charge in [-0.25, -0.2) is 0 Å². The standard InChI is InChI=1S/C10H15F9O2Si2/c11-8(12,13)4-1-7(23-20-22-21-23,2-5-9(14,15)16)3-6-10(17,18)19/h23H,1-6,22H2. The van der Waals surface area contributed by atoms with Crippen molar-refractivity contribution >= 4 is 19.3 Å². The highest BCUT2D eigenvalue weighted by Crippen LogP contribution is 2.52. The van der Waals surface area contributed by atoms with Gasteiger partial charge in [0.2, 0.25) is 0 Å².